The quantitative estimate of drug-likeness (QED) is 0.351. The highest BCUT2D eigenvalue weighted by atomic mass is 127. The molecule has 0 aliphatic rings. The summed E-state index contributed by atoms with van der Waals surface area (Å²) in [4.78, 5) is 4.27. The number of rotatable bonds is 7. The molecule has 148 valence electrons. The molecular formula is C21H29FIN3O. The fraction of sp³-hybridized carbons (Fsp3) is 0.381. The number of ether oxygens (including phenoxy) is 1. The van der Waals surface area contributed by atoms with Crippen LogP contribution >= 0.6 is 24.0 Å². The molecule has 0 unspecified atom stereocenters. The lowest BCUT2D eigenvalue weighted by atomic mass is 9.84. The first-order valence-corrected chi connectivity index (χ1v) is 8.72. The number of nitrogens with one attached hydrogen (secondary N) is 2. The van der Waals surface area contributed by atoms with Crippen LogP contribution < -0.4 is 10.6 Å². The van der Waals surface area contributed by atoms with Gasteiger partial charge in [0.1, 0.15) is 5.82 Å². The molecule has 6 heteroatoms. The van der Waals surface area contributed by atoms with Gasteiger partial charge in [-0.05, 0) is 28.8 Å². The van der Waals surface area contributed by atoms with E-state index in [0.29, 0.717) is 25.7 Å². The van der Waals surface area contributed by atoms with E-state index in [2.05, 4.69) is 41.6 Å². The molecule has 0 saturated carbocycles. The summed E-state index contributed by atoms with van der Waals surface area (Å²) in [5, 5.41) is 6.64. The number of aliphatic imine (C=N–C) groups is 1. The maximum Gasteiger partial charge on any atom is 0.191 e. The van der Waals surface area contributed by atoms with Gasteiger partial charge in [0.05, 0.1) is 6.61 Å². The van der Waals surface area contributed by atoms with Crippen LogP contribution in [0.4, 0.5) is 4.39 Å². The summed E-state index contributed by atoms with van der Waals surface area (Å²) >= 11 is 0. The van der Waals surface area contributed by atoms with Gasteiger partial charge in [0, 0.05) is 32.7 Å². The van der Waals surface area contributed by atoms with Gasteiger partial charge in [0.15, 0.2) is 5.96 Å². The standard InChI is InChI=1S/C21H28FN3O.HI/c1-21(2,18-9-6-10-19(22)12-18)15-25-20(23-3)24-13-16-7-5-8-17(11-16)14-26-4;/h5-12H,13-15H2,1-4H3,(H2,23,24,25);1H. The van der Waals surface area contributed by atoms with Gasteiger partial charge in [-0.3, -0.25) is 4.99 Å². The molecule has 27 heavy (non-hydrogen) atoms. The number of halogens is 2. The largest absolute Gasteiger partial charge is 0.380 e. The van der Waals surface area contributed by atoms with Crippen molar-refractivity contribution in [3.05, 3.63) is 71.0 Å². The summed E-state index contributed by atoms with van der Waals surface area (Å²) in [7, 11) is 3.43. The van der Waals surface area contributed by atoms with E-state index in [0.717, 1.165) is 16.7 Å². The molecule has 0 saturated heterocycles. The number of guanidine groups is 1. The molecule has 0 aromatic heterocycles. The summed E-state index contributed by atoms with van der Waals surface area (Å²) < 4.78 is 18.7. The summed E-state index contributed by atoms with van der Waals surface area (Å²) in [6.45, 7) is 6.06. The highest BCUT2D eigenvalue weighted by molar-refractivity contribution is 14.0. The average molecular weight is 485 g/mol. The molecule has 2 aromatic carbocycles. The monoisotopic (exact) mass is 485 g/mol. The van der Waals surface area contributed by atoms with Crippen molar-refractivity contribution in [1.82, 2.24) is 10.6 Å². The number of hydrogen-bond acceptors (Lipinski definition) is 2. The molecule has 0 amide bonds. The molecule has 2 aromatic rings. The third-order valence-electron chi connectivity index (χ3n) is 4.29. The molecule has 2 N–H and O–H groups in total. The van der Waals surface area contributed by atoms with Gasteiger partial charge in [0.2, 0.25) is 0 Å². The summed E-state index contributed by atoms with van der Waals surface area (Å²) in [6, 6.07) is 15.0. The second kappa shape index (κ2) is 11.2. The van der Waals surface area contributed by atoms with Gasteiger partial charge in [-0.25, -0.2) is 4.39 Å². The Morgan fingerprint density at radius 3 is 2.44 bits per heavy atom. The lowest BCUT2D eigenvalue weighted by Gasteiger charge is -2.27. The van der Waals surface area contributed by atoms with Crippen LogP contribution in [0.5, 0.6) is 0 Å². The first-order valence-electron chi connectivity index (χ1n) is 8.72. The van der Waals surface area contributed by atoms with Gasteiger partial charge in [-0.2, -0.15) is 0 Å². The Hall–Kier alpha value is -1.67. The van der Waals surface area contributed by atoms with Crippen molar-refractivity contribution in [2.24, 2.45) is 4.99 Å². The van der Waals surface area contributed by atoms with Crippen molar-refractivity contribution >= 4 is 29.9 Å². The Kier molecular flexibility index (Phi) is 9.73. The third-order valence-corrected chi connectivity index (χ3v) is 4.29. The van der Waals surface area contributed by atoms with Crippen LogP contribution in [-0.4, -0.2) is 26.7 Å². The van der Waals surface area contributed by atoms with Crippen molar-refractivity contribution in [2.75, 3.05) is 20.7 Å². The maximum absolute atomic E-state index is 13.5. The van der Waals surface area contributed by atoms with Gasteiger partial charge in [-0.1, -0.05) is 50.2 Å². The molecular weight excluding hydrogens is 456 g/mol. The van der Waals surface area contributed by atoms with Crippen LogP contribution in [-0.2, 0) is 23.3 Å². The summed E-state index contributed by atoms with van der Waals surface area (Å²) in [6.07, 6.45) is 0. The van der Waals surface area contributed by atoms with Gasteiger partial charge in [0.25, 0.3) is 0 Å². The smallest absolute Gasteiger partial charge is 0.191 e. The number of nitrogens with zero attached hydrogens (tertiary/aromatic N) is 1. The van der Waals surface area contributed by atoms with E-state index >= 15 is 0 Å². The topological polar surface area (TPSA) is 45.7 Å². The highest BCUT2D eigenvalue weighted by Crippen LogP contribution is 2.22. The molecule has 0 heterocycles. The van der Waals surface area contributed by atoms with Crippen LogP contribution in [0.2, 0.25) is 0 Å². The van der Waals surface area contributed by atoms with E-state index in [4.69, 9.17) is 4.74 Å². The normalized spacial score (nSPS) is 11.7. The first kappa shape index (κ1) is 23.4. The molecule has 0 radical (unpaired) electrons. The minimum Gasteiger partial charge on any atom is -0.380 e. The summed E-state index contributed by atoms with van der Waals surface area (Å²) in [5.41, 5.74) is 3.03. The maximum atomic E-state index is 13.5. The molecule has 0 spiro atoms. The molecule has 0 atom stereocenters. The van der Waals surface area contributed by atoms with Crippen molar-refractivity contribution in [2.45, 2.75) is 32.4 Å². The fourth-order valence-electron chi connectivity index (χ4n) is 2.72. The Morgan fingerprint density at radius 2 is 1.78 bits per heavy atom. The van der Waals surface area contributed by atoms with Crippen molar-refractivity contribution in [1.29, 1.82) is 0 Å². The Bertz CT molecular complexity index is 750. The van der Waals surface area contributed by atoms with Gasteiger partial charge < -0.3 is 15.4 Å². The SMILES string of the molecule is CN=C(NCc1cccc(COC)c1)NCC(C)(C)c1cccc(F)c1.I. The Morgan fingerprint density at radius 1 is 1.07 bits per heavy atom. The minimum absolute atomic E-state index is 0. The Labute approximate surface area is 178 Å². The number of hydrogen-bond donors (Lipinski definition) is 2. The van der Waals surface area contributed by atoms with E-state index < -0.39 is 0 Å². The fourth-order valence-corrected chi connectivity index (χ4v) is 2.72. The zero-order valence-electron chi connectivity index (χ0n) is 16.4. The zero-order valence-corrected chi connectivity index (χ0v) is 18.7. The predicted molar refractivity (Wildman–Crippen MR) is 120 cm³/mol. The van der Waals surface area contributed by atoms with E-state index in [1.807, 2.05) is 18.2 Å². The van der Waals surface area contributed by atoms with Crippen LogP contribution in [0, 0.1) is 5.82 Å². The third kappa shape index (κ3) is 7.46. The molecule has 0 aliphatic carbocycles. The number of methoxy groups -OCH3 is 1. The predicted octanol–water partition coefficient (Wildman–Crippen LogP) is 4.23. The van der Waals surface area contributed by atoms with E-state index in [9.17, 15) is 4.39 Å². The van der Waals surface area contributed by atoms with Crippen LogP contribution in [0.3, 0.4) is 0 Å². The lowest BCUT2D eigenvalue weighted by molar-refractivity contribution is 0.185. The second-order valence-electron chi connectivity index (χ2n) is 6.93. The van der Waals surface area contributed by atoms with Crippen molar-refractivity contribution < 1.29 is 9.13 Å². The van der Waals surface area contributed by atoms with E-state index in [1.54, 1.807) is 26.3 Å². The van der Waals surface area contributed by atoms with Gasteiger partial charge >= 0.3 is 0 Å². The molecule has 0 fully saturated rings. The van der Waals surface area contributed by atoms with Crippen molar-refractivity contribution in [3.8, 4) is 0 Å². The van der Waals surface area contributed by atoms with Crippen LogP contribution in [0.1, 0.15) is 30.5 Å². The van der Waals surface area contributed by atoms with Crippen LogP contribution in [0.25, 0.3) is 0 Å². The lowest BCUT2D eigenvalue weighted by Crippen LogP contribution is -2.43. The average Bonchev–Trinajstić information content (AvgIpc) is 2.62. The molecule has 2 rings (SSSR count). The Balaban J connectivity index is 0.00000364. The van der Waals surface area contributed by atoms with Crippen LogP contribution in [0.15, 0.2) is 53.5 Å². The molecule has 4 nitrogen and oxygen atoms in total. The molecule has 0 aliphatic heterocycles. The summed E-state index contributed by atoms with van der Waals surface area (Å²) in [5.74, 6) is 0.501. The second-order valence-corrected chi connectivity index (χ2v) is 6.93. The van der Waals surface area contributed by atoms with E-state index in [1.165, 1.54) is 6.07 Å². The zero-order chi connectivity index (χ0) is 19.0. The number of benzene rings is 2. The highest BCUT2D eigenvalue weighted by Gasteiger charge is 2.21. The minimum atomic E-state index is -0.224. The van der Waals surface area contributed by atoms with Gasteiger partial charge in [-0.15, -0.1) is 24.0 Å². The van der Waals surface area contributed by atoms with Crippen molar-refractivity contribution in [3.63, 3.8) is 0 Å². The van der Waals surface area contributed by atoms with E-state index in [-0.39, 0.29) is 35.2 Å². The first-order chi connectivity index (χ1) is 12.4. The molecule has 0 bridgehead atoms.